The monoisotopic (exact) mass is 374 g/mol. The summed E-state index contributed by atoms with van der Waals surface area (Å²) in [5, 5.41) is 10.2. The molecule has 8 heteroatoms. The van der Waals surface area contributed by atoms with Crippen molar-refractivity contribution in [3.63, 3.8) is 0 Å². The molecule has 0 saturated carbocycles. The smallest absolute Gasteiger partial charge is 0.191 e. The maximum atomic E-state index is 6.32. The number of nitrogens with two attached hydrogens (primary N) is 1. The molecule has 0 fully saturated rings. The van der Waals surface area contributed by atoms with Crippen molar-refractivity contribution < 1.29 is 0 Å². The van der Waals surface area contributed by atoms with Crippen LogP contribution in [-0.2, 0) is 18.6 Å². The van der Waals surface area contributed by atoms with Crippen LogP contribution in [0.25, 0.3) is 10.2 Å². The Labute approximate surface area is 155 Å². The van der Waals surface area contributed by atoms with Gasteiger partial charge in [-0.15, -0.1) is 21.5 Å². The van der Waals surface area contributed by atoms with Crippen LogP contribution >= 0.6 is 23.1 Å². The van der Waals surface area contributed by atoms with Crippen LogP contribution in [0.15, 0.2) is 11.5 Å². The van der Waals surface area contributed by atoms with Crippen molar-refractivity contribution in [1.29, 1.82) is 0 Å². The molecule has 0 aromatic carbocycles. The van der Waals surface area contributed by atoms with Crippen LogP contribution < -0.4 is 5.73 Å². The van der Waals surface area contributed by atoms with Gasteiger partial charge < -0.3 is 10.3 Å². The lowest BCUT2D eigenvalue weighted by atomic mass is 10.1. The highest BCUT2D eigenvalue weighted by molar-refractivity contribution is 7.98. The number of hydrogen-bond acceptors (Lipinski definition) is 7. The van der Waals surface area contributed by atoms with Crippen LogP contribution in [0.3, 0.4) is 0 Å². The van der Waals surface area contributed by atoms with E-state index in [1.54, 1.807) is 29.4 Å². The Kier molecular flexibility index (Phi) is 4.64. The first-order chi connectivity index (χ1) is 12.1. The minimum Gasteiger partial charge on any atom is -0.383 e. The third-order valence-corrected chi connectivity index (χ3v) is 6.70. The molecule has 6 nitrogen and oxygen atoms in total. The molecule has 25 heavy (non-hydrogen) atoms. The van der Waals surface area contributed by atoms with Gasteiger partial charge in [0.2, 0.25) is 0 Å². The summed E-state index contributed by atoms with van der Waals surface area (Å²) in [6.45, 7) is 4.24. The Bertz CT molecular complexity index is 898. The van der Waals surface area contributed by atoms with Crippen molar-refractivity contribution in [3.05, 3.63) is 22.6 Å². The highest BCUT2D eigenvalue weighted by atomic mass is 32.2. The average molecular weight is 375 g/mol. The fourth-order valence-electron chi connectivity index (χ4n) is 3.29. The molecular weight excluding hydrogens is 352 g/mol. The Morgan fingerprint density at radius 3 is 2.92 bits per heavy atom. The van der Waals surface area contributed by atoms with E-state index in [4.69, 9.17) is 10.7 Å². The van der Waals surface area contributed by atoms with E-state index in [1.165, 1.54) is 29.7 Å². The summed E-state index contributed by atoms with van der Waals surface area (Å²) in [5.74, 6) is 2.05. The average Bonchev–Trinajstić information content (AvgIpc) is 3.12. The second-order valence-electron chi connectivity index (χ2n) is 6.67. The van der Waals surface area contributed by atoms with Gasteiger partial charge in [0, 0.05) is 10.9 Å². The van der Waals surface area contributed by atoms with E-state index in [0.29, 0.717) is 17.6 Å². The van der Waals surface area contributed by atoms with Gasteiger partial charge in [0.15, 0.2) is 5.16 Å². The van der Waals surface area contributed by atoms with Crippen LogP contribution in [0.5, 0.6) is 0 Å². The zero-order valence-electron chi connectivity index (χ0n) is 14.5. The predicted octanol–water partition coefficient (Wildman–Crippen LogP) is 4.01. The number of anilines is 1. The van der Waals surface area contributed by atoms with E-state index < -0.39 is 0 Å². The predicted molar refractivity (Wildman–Crippen MR) is 103 cm³/mol. The van der Waals surface area contributed by atoms with Gasteiger partial charge in [-0.05, 0) is 45.1 Å². The number of thioether (sulfide) groups is 1. The Morgan fingerprint density at radius 2 is 2.08 bits per heavy atom. The van der Waals surface area contributed by atoms with Crippen LogP contribution in [-0.4, -0.2) is 24.7 Å². The molecule has 0 unspecified atom stereocenters. The third-order valence-electron chi connectivity index (χ3n) is 4.57. The lowest BCUT2D eigenvalue weighted by Gasteiger charge is -2.09. The van der Waals surface area contributed by atoms with E-state index in [-0.39, 0.29) is 0 Å². The van der Waals surface area contributed by atoms with Crippen molar-refractivity contribution >= 4 is 39.1 Å². The minimum atomic E-state index is 0.332. The van der Waals surface area contributed by atoms with Crippen LogP contribution in [0.4, 0.5) is 5.82 Å². The standard InChI is InChI=1S/C17H22N6S2/c1-10(2)23-9-19-22-17(23)24-8-13-20-15(18)14-11-6-4-3-5-7-12(11)25-16(14)21-13/h9-10H,3-8H2,1-2H3,(H2,18,20,21). The topological polar surface area (TPSA) is 82.5 Å². The van der Waals surface area contributed by atoms with Gasteiger partial charge in [0.05, 0.1) is 11.1 Å². The molecule has 3 heterocycles. The molecule has 2 N–H and O–H groups in total. The fraction of sp³-hybridized carbons (Fsp3) is 0.529. The van der Waals surface area contributed by atoms with E-state index in [2.05, 4.69) is 33.6 Å². The molecule has 0 aliphatic heterocycles. The largest absolute Gasteiger partial charge is 0.383 e. The number of hydrogen-bond donors (Lipinski definition) is 1. The highest BCUT2D eigenvalue weighted by Crippen LogP contribution is 2.37. The van der Waals surface area contributed by atoms with Crippen LogP contribution in [0.2, 0.25) is 0 Å². The molecule has 0 radical (unpaired) electrons. The van der Waals surface area contributed by atoms with Gasteiger partial charge in [0.1, 0.15) is 22.8 Å². The van der Waals surface area contributed by atoms with E-state index in [0.717, 1.165) is 34.0 Å². The SMILES string of the molecule is CC(C)n1cnnc1SCc1nc(N)c2c3c(sc2n1)CCCCC3. The first-order valence-electron chi connectivity index (χ1n) is 8.72. The molecule has 3 aromatic rings. The second-order valence-corrected chi connectivity index (χ2v) is 8.70. The molecule has 132 valence electrons. The molecule has 0 spiro atoms. The normalized spacial score (nSPS) is 14.8. The van der Waals surface area contributed by atoms with E-state index in [9.17, 15) is 0 Å². The Morgan fingerprint density at radius 1 is 1.24 bits per heavy atom. The zero-order valence-corrected chi connectivity index (χ0v) is 16.2. The first kappa shape index (κ1) is 16.8. The van der Waals surface area contributed by atoms with Crippen molar-refractivity contribution in [2.24, 2.45) is 0 Å². The third kappa shape index (κ3) is 3.25. The maximum absolute atomic E-state index is 6.32. The van der Waals surface area contributed by atoms with E-state index in [1.807, 2.05) is 0 Å². The maximum Gasteiger partial charge on any atom is 0.191 e. The molecule has 1 aliphatic carbocycles. The molecular formula is C17H22N6S2. The Balaban J connectivity index is 1.62. The lowest BCUT2D eigenvalue weighted by molar-refractivity contribution is 0.549. The number of aryl methyl sites for hydroxylation is 2. The molecule has 4 rings (SSSR count). The number of thiophene rings is 1. The number of rotatable bonds is 4. The van der Waals surface area contributed by atoms with Crippen molar-refractivity contribution in [2.45, 2.75) is 62.9 Å². The second kappa shape index (κ2) is 6.92. The molecule has 0 bridgehead atoms. The fourth-order valence-corrected chi connectivity index (χ4v) is 5.48. The van der Waals surface area contributed by atoms with Gasteiger partial charge in [-0.3, -0.25) is 0 Å². The van der Waals surface area contributed by atoms with Crippen molar-refractivity contribution in [3.8, 4) is 0 Å². The lowest BCUT2D eigenvalue weighted by Crippen LogP contribution is -2.03. The van der Waals surface area contributed by atoms with Gasteiger partial charge >= 0.3 is 0 Å². The number of nitrogen functional groups attached to an aromatic ring is 1. The number of fused-ring (bicyclic) bond motifs is 3. The summed E-state index contributed by atoms with van der Waals surface area (Å²) in [5.41, 5.74) is 7.71. The summed E-state index contributed by atoms with van der Waals surface area (Å²) in [6.07, 6.45) is 7.82. The van der Waals surface area contributed by atoms with Gasteiger partial charge in [-0.25, -0.2) is 9.97 Å². The quantitative estimate of drug-likeness (QED) is 0.549. The molecule has 0 saturated heterocycles. The molecule has 0 atom stereocenters. The number of nitrogens with zero attached hydrogens (tertiary/aromatic N) is 5. The molecule has 0 amide bonds. The van der Waals surface area contributed by atoms with Gasteiger partial charge in [-0.2, -0.15) is 0 Å². The summed E-state index contributed by atoms with van der Waals surface area (Å²) >= 11 is 3.40. The number of aromatic nitrogens is 5. The van der Waals surface area contributed by atoms with Crippen LogP contribution in [0.1, 0.15) is 55.4 Å². The molecule has 1 aliphatic rings. The van der Waals surface area contributed by atoms with Gasteiger partial charge in [0.25, 0.3) is 0 Å². The van der Waals surface area contributed by atoms with Crippen LogP contribution in [0, 0.1) is 0 Å². The summed E-state index contributed by atoms with van der Waals surface area (Å²) < 4.78 is 2.06. The van der Waals surface area contributed by atoms with Crippen molar-refractivity contribution in [2.75, 3.05) is 5.73 Å². The first-order valence-corrected chi connectivity index (χ1v) is 10.5. The van der Waals surface area contributed by atoms with E-state index >= 15 is 0 Å². The zero-order chi connectivity index (χ0) is 17.4. The van der Waals surface area contributed by atoms with Gasteiger partial charge in [-0.1, -0.05) is 18.2 Å². The summed E-state index contributed by atoms with van der Waals surface area (Å²) in [4.78, 5) is 11.9. The minimum absolute atomic E-state index is 0.332. The summed E-state index contributed by atoms with van der Waals surface area (Å²) in [6, 6.07) is 0.332. The van der Waals surface area contributed by atoms with Crippen molar-refractivity contribution in [1.82, 2.24) is 24.7 Å². The highest BCUT2D eigenvalue weighted by Gasteiger charge is 2.19. The molecule has 3 aromatic heterocycles. The summed E-state index contributed by atoms with van der Waals surface area (Å²) in [7, 11) is 0. The Hall–Kier alpha value is -1.67.